The summed E-state index contributed by atoms with van der Waals surface area (Å²) in [6.45, 7) is 6.23. The van der Waals surface area contributed by atoms with E-state index in [-0.39, 0.29) is 5.91 Å². The lowest BCUT2D eigenvalue weighted by molar-refractivity contribution is -0.130. The van der Waals surface area contributed by atoms with E-state index in [9.17, 15) is 4.79 Å². The number of anilines is 1. The average Bonchev–Trinajstić information content (AvgIpc) is 3.22. The fourth-order valence-corrected chi connectivity index (χ4v) is 5.75. The second kappa shape index (κ2) is 10.6. The monoisotopic (exact) mass is 469 g/mol. The molecule has 0 N–H and O–H groups in total. The van der Waals surface area contributed by atoms with Gasteiger partial charge in [-0.05, 0) is 32.1 Å². The van der Waals surface area contributed by atoms with E-state index in [0.717, 1.165) is 71.7 Å². The van der Waals surface area contributed by atoms with E-state index in [0.29, 0.717) is 6.42 Å². The number of thiophene rings is 1. The predicted octanol–water partition coefficient (Wildman–Crippen LogP) is 3.80. The highest BCUT2D eigenvalue weighted by molar-refractivity contribution is 7.99. The van der Waals surface area contributed by atoms with Crippen molar-refractivity contribution in [3.8, 4) is 0 Å². The number of amides is 1. The van der Waals surface area contributed by atoms with Gasteiger partial charge >= 0.3 is 0 Å². The SMILES string of the molecule is CCc1cc2c(N3CCN(C(=O)Cc4ccccc4)CC3)nc(SCCN(C)C)nc2s1. The Bertz CT molecular complexity index is 1050. The predicted molar refractivity (Wildman–Crippen MR) is 135 cm³/mol. The normalized spacial score (nSPS) is 14.5. The quantitative estimate of drug-likeness (QED) is 0.370. The van der Waals surface area contributed by atoms with Crippen LogP contribution in [0.15, 0.2) is 41.6 Å². The van der Waals surface area contributed by atoms with Gasteiger partial charge in [-0.25, -0.2) is 9.97 Å². The van der Waals surface area contributed by atoms with Crippen LogP contribution in [0.5, 0.6) is 0 Å². The summed E-state index contributed by atoms with van der Waals surface area (Å²) < 4.78 is 0. The standard InChI is InChI=1S/C24H31N5OS2/c1-4-19-17-20-22(25-24(26-23(20)32-19)31-15-14-27(2)3)29-12-10-28(11-13-29)21(30)16-18-8-6-5-7-9-18/h5-9,17H,4,10-16H2,1-3H3. The molecule has 3 heterocycles. The highest BCUT2D eigenvalue weighted by Gasteiger charge is 2.24. The summed E-state index contributed by atoms with van der Waals surface area (Å²) in [5.74, 6) is 2.19. The van der Waals surface area contributed by atoms with Crippen LogP contribution in [0.25, 0.3) is 10.2 Å². The minimum atomic E-state index is 0.201. The molecule has 2 aromatic heterocycles. The number of aromatic nitrogens is 2. The zero-order chi connectivity index (χ0) is 22.5. The summed E-state index contributed by atoms with van der Waals surface area (Å²) in [5.41, 5.74) is 1.07. The van der Waals surface area contributed by atoms with E-state index in [1.165, 1.54) is 4.88 Å². The first-order valence-corrected chi connectivity index (χ1v) is 13.0. The Morgan fingerprint density at radius 1 is 1.12 bits per heavy atom. The first-order chi connectivity index (χ1) is 15.5. The molecule has 0 unspecified atom stereocenters. The number of hydrogen-bond acceptors (Lipinski definition) is 7. The van der Waals surface area contributed by atoms with Crippen LogP contribution in [0, 0.1) is 0 Å². The first-order valence-electron chi connectivity index (χ1n) is 11.2. The van der Waals surface area contributed by atoms with Crippen molar-refractivity contribution in [3.63, 3.8) is 0 Å². The van der Waals surface area contributed by atoms with Crippen molar-refractivity contribution in [2.75, 3.05) is 57.5 Å². The maximum Gasteiger partial charge on any atom is 0.227 e. The number of rotatable bonds is 8. The molecule has 1 aliphatic heterocycles. The Morgan fingerprint density at radius 2 is 1.88 bits per heavy atom. The summed E-state index contributed by atoms with van der Waals surface area (Å²) >= 11 is 3.49. The number of nitrogens with zero attached hydrogens (tertiary/aromatic N) is 5. The smallest absolute Gasteiger partial charge is 0.227 e. The van der Waals surface area contributed by atoms with E-state index >= 15 is 0 Å². The van der Waals surface area contributed by atoms with Gasteiger partial charge in [0, 0.05) is 43.4 Å². The summed E-state index contributed by atoms with van der Waals surface area (Å²) in [6.07, 6.45) is 1.47. The van der Waals surface area contributed by atoms with Crippen LogP contribution in [0.2, 0.25) is 0 Å². The number of hydrogen-bond donors (Lipinski definition) is 0. The summed E-state index contributed by atoms with van der Waals surface area (Å²) in [6, 6.07) is 12.2. The first kappa shape index (κ1) is 23.0. The van der Waals surface area contributed by atoms with Gasteiger partial charge in [0.25, 0.3) is 0 Å². The molecular weight excluding hydrogens is 438 g/mol. The van der Waals surface area contributed by atoms with Crippen molar-refractivity contribution < 1.29 is 4.79 Å². The Balaban J connectivity index is 1.47. The van der Waals surface area contributed by atoms with Gasteiger partial charge in [-0.3, -0.25) is 4.79 Å². The molecule has 0 atom stereocenters. The summed E-state index contributed by atoms with van der Waals surface area (Å²) in [7, 11) is 4.17. The average molecular weight is 470 g/mol. The molecule has 1 amide bonds. The second-order valence-electron chi connectivity index (χ2n) is 8.30. The molecule has 0 saturated carbocycles. The van der Waals surface area contributed by atoms with Crippen LogP contribution in [0.4, 0.5) is 5.82 Å². The third kappa shape index (κ3) is 5.60. The number of aryl methyl sites for hydroxylation is 1. The van der Waals surface area contributed by atoms with Crippen molar-refractivity contribution in [1.29, 1.82) is 0 Å². The molecule has 4 rings (SSSR count). The van der Waals surface area contributed by atoms with E-state index in [4.69, 9.17) is 9.97 Å². The van der Waals surface area contributed by atoms with Crippen molar-refractivity contribution in [1.82, 2.24) is 19.8 Å². The van der Waals surface area contributed by atoms with Crippen LogP contribution >= 0.6 is 23.1 Å². The highest BCUT2D eigenvalue weighted by atomic mass is 32.2. The Hall–Kier alpha value is -2.16. The minimum absolute atomic E-state index is 0.201. The number of piperazine rings is 1. The molecule has 0 aliphatic carbocycles. The molecule has 3 aromatic rings. The summed E-state index contributed by atoms with van der Waals surface area (Å²) in [4.78, 5) is 31.5. The van der Waals surface area contributed by atoms with Gasteiger partial charge in [-0.15, -0.1) is 11.3 Å². The van der Waals surface area contributed by atoms with Crippen LogP contribution in [0.1, 0.15) is 17.4 Å². The Labute approximate surface area is 198 Å². The van der Waals surface area contributed by atoms with Crippen molar-refractivity contribution in [2.24, 2.45) is 0 Å². The molecule has 1 aromatic carbocycles. The van der Waals surface area contributed by atoms with Crippen molar-refractivity contribution >= 4 is 45.0 Å². The molecule has 6 nitrogen and oxygen atoms in total. The number of carbonyl (C=O) groups is 1. The minimum Gasteiger partial charge on any atom is -0.352 e. The fraction of sp³-hybridized carbons (Fsp3) is 0.458. The van der Waals surface area contributed by atoms with Crippen molar-refractivity contribution in [3.05, 3.63) is 46.8 Å². The molecule has 0 spiro atoms. The topological polar surface area (TPSA) is 52.6 Å². The fourth-order valence-electron chi connectivity index (χ4n) is 3.79. The van der Waals surface area contributed by atoms with E-state index in [1.54, 1.807) is 23.1 Å². The highest BCUT2D eigenvalue weighted by Crippen LogP contribution is 2.33. The largest absolute Gasteiger partial charge is 0.352 e. The van der Waals surface area contributed by atoms with Gasteiger partial charge < -0.3 is 14.7 Å². The number of fused-ring (bicyclic) bond motifs is 1. The zero-order valence-electron chi connectivity index (χ0n) is 19.1. The van der Waals surface area contributed by atoms with E-state index < -0.39 is 0 Å². The second-order valence-corrected chi connectivity index (χ2v) is 10.5. The summed E-state index contributed by atoms with van der Waals surface area (Å²) in [5, 5.41) is 1.99. The van der Waals surface area contributed by atoms with Gasteiger partial charge in [0.15, 0.2) is 5.16 Å². The third-order valence-electron chi connectivity index (χ3n) is 5.65. The molecule has 1 aliphatic rings. The number of thioether (sulfide) groups is 1. The Morgan fingerprint density at radius 3 is 2.56 bits per heavy atom. The molecule has 1 fully saturated rings. The Kier molecular flexibility index (Phi) is 7.65. The molecule has 32 heavy (non-hydrogen) atoms. The molecule has 0 bridgehead atoms. The van der Waals surface area contributed by atoms with Gasteiger partial charge in [-0.1, -0.05) is 49.0 Å². The lowest BCUT2D eigenvalue weighted by Gasteiger charge is -2.35. The van der Waals surface area contributed by atoms with Crippen LogP contribution in [-0.2, 0) is 17.6 Å². The lowest BCUT2D eigenvalue weighted by Crippen LogP contribution is -2.49. The lowest BCUT2D eigenvalue weighted by atomic mass is 10.1. The molecular formula is C24H31N5OS2. The van der Waals surface area contributed by atoms with Crippen LogP contribution in [0.3, 0.4) is 0 Å². The molecule has 1 saturated heterocycles. The number of carbonyl (C=O) groups excluding carboxylic acids is 1. The van der Waals surface area contributed by atoms with E-state index in [1.807, 2.05) is 35.2 Å². The van der Waals surface area contributed by atoms with Crippen molar-refractivity contribution in [2.45, 2.75) is 24.9 Å². The van der Waals surface area contributed by atoms with Crippen LogP contribution < -0.4 is 4.90 Å². The van der Waals surface area contributed by atoms with Gasteiger partial charge in [0.05, 0.1) is 11.8 Å². The maximum atomic E-state index is 12.8. The van der Waals surface area contributed by atoms with E-state index in [2.05, 4.69) is 36.9 Å². The zero-order valence-corrected chi connectivity index (χ0v) is 20.7. The molecule has 170 valence electrons. The third-order valence-corrected chi connectivity index (χ3v) is 7.65. The molecule has 0 radical (unpaired) electrons. The molecule has 8 heteroatoms. The van der Waals surface area contributed by atoms with Gasteiger partial charge in [0.2, 0.25) is 5.91 Å². The van der Waals surface area contributed by atoms with Gasteiger partial charge in [0.1, 0.15) is 10.6 Å². The maximum absolute atomic E-state index is 12.8. The van der Waals surface area contributed by atoms with Gasteiger partial charge in [-0.2, -0.15) is 0 Å². The van der Waals surface area contributed by atoms with Crippen LogP contribution in [-0.4, -0.2) is 78.2 Å². The number of benzene rings is 1.